The number of likely N-dealkylation sites (tertiary alicyclic amines) is 1. The number of Topliss-reactive ketones (excluding diaryl/α,β-unsaturated/α-hetero) is 1. The highest BCUT2D eigenvalue weighted by Crippen LogP contribution is 2.43. The molecule has 2 fully saturated rings. The van der Waals surface area contributed by atoms with Crippen LogP contribution in [0.5, 0.6) is 11.5 Å². The normalized spacial score (nSPS) is 22.1. The Bertz CT molecular complexity index is 1090. The summed E-state index contributed by atoms with van der Waals surface area (Å²) in [7, 11) is 1.54. The molecule has 2 aromatic rings. The Morgan fingerprint density at radius 2 is 1.97 bits per heavy atom. The number of hydrogen-bond donors (Lipinski definition) is 1. The molecule has 7 heteroatoms. The second-order valence-electron chi connectivity index (χ2n) is 8.24. The molecule has 2 heterocycles. The van der Waals surface area contributed by atoms with Gasteiger partial charge in [-0.3, -0.25) is 9.59 Å². The number of para-hydroxylation sites is 1. The van der Waals surface area contributed by atoms with E-state index in [4.69, 9.17) is 14.2 Å². The van der Waals surface area contributed by atoms with Gasteiger partial charge in [0.1, 0.15) is 17.3 Å². The number of carbonyl (C=O) groups excluding carboxylic acids is 2. The third kappa shape index (κ3) is 4.33. The largest absolute Gasteiger partial charge is 0.507 e. The molecule has 0 spiro atoms. The number of ketones is 1. The van der Waals surface area contributed by atoms with Crippen LogP contribution in [-0.4, -0.2) is 54.7 Å². The number of rotatable bonds is 7. The summed E-state index contributed by atoms with van der Waals surface area (Å²) in [5, 5.41) is 11.3. The van der Waals surface area contributed by atoms with Gasteiger partial charge in [0, 0.05) is 24.3 Å². The summed E-state index contributed by atoms with van der Waals surface area (Å²) in [6.45, 7) is 5.20. The van der Waals surface area contributed by atoms with E-state index in [1.807, 2.05) is 32.0 Å². The fourth-order valence-corrected chi connectivity index (χ4v) is 4.56. The Balaban J connectivity index is 1.84. The van der Waals surface area contributed by atoms with E-state index in [0.29, 0.717) is 35.8 Å². The van der Waals surface area contributed by atoms with E-state index < -0.39 is 17.7 Å². The Hall–Kier alpha value is -3.32. The maximum Gasteiger partial charge on any atom is 0.295 e. The van der Waals surface area contributed by atoms with E-state index in [1.165, 1.54) is 4.90 Å². The van der Waals surface area contributed by atoms with Crippen molar-refractivity contribution in [1.82, 2.24) is 4.90 Å². The van der Waals surface area contributed by atoms with Gasteiger partial charge in [0.2, 0.25) is 0 Å². The zero-order chi connectivity index (χ0) is 23.5. The highest BCUT2D eigenvalue weighted by molar-refractivity contribution is 6.46. The zero-order valence-electron chi connectivity index (χ0n) is 19.2. The molecule has 1 N–H and O–H groups in total. The molecule has 7 nitrogen and oxygen atoms in total. The summed E-state index contributed by atoms with van der Waals surface area (Å²) in [5.41, 5.74) is 1.96. The first kappa shape index (κ1) is 22.9. The average molecular weight is 452 g/mol. The highest BCUT2D eigenvalue weighted by atomic mass is 16.5. The molecule has 2 aromatic carbocycles. The molecule has 0 aromatic heterocycles. The summed E-state index contributed by atoms with van der Waals surface area (Å²) in [4.78, 5) is 27.9. The van der Waals surface area contributed by atoms with Gasteiger partial charge < -0.3 is 24.2 Å². The lowest BCUT2D eigenvalue weighted by Gasteiger charge is -2.28. The molecular weight excluding hydrogens is 422 g/mol. The molecule has 4 rings (SSSR count). The van der Waals surface area contributed by atoms with E-state index in [1.54, 1.807) is 31.4 Å². The van der Waals surface area contributed by atoms with Crippen molar-refractivity contribution in [1.29, 1.82) is 0 Å². The molecule has 1 amide bonds. The lowest BCUT2D eigenvalue weighted by molar-refractivity contribution is -0.140. The molecule has 33 heavy (non-hydrogen) atoms. The van der Waals surface area contributed by atoms with Gasteiger partial charge in [-0.15, -0.1) is 0 Å². The first-order valence-electron chi connectivity index (χ1n) is 11.2. The number of ether oxygens (including phenoxy) is 3. The zero-order valence-corrected chi connectivity index (χ0v) is 19.2. The van der Waals surface area contributed by atoms with Crippen molar-refractivity contribution < 1.29 is 28.9 Å². The standard InChI is InChI=1S/C26H29NO6/c1-4-32-20-12-11-17(14-16(20)2)24(28)22-23(19-9-5-6-10-21(19)31-3)27(26(30)25(22)29)15-18-8-7-13-33-18/h5-6,9-12,14,18,23,28H,4,7-8,13,15H2,1-3H3/b24-22+. The van der Waals surface area contributed by atoms with Crippen molar-refractivity contribution in [2.45, 2.75) is 38.8 Å². The number of aryl methyl sites for hydroxylation is 1. The minimum Gasteiger partial charge on any atom is -0.507 e. The van der Waals surface area contributed by atoms with Crippen LogP contribution in [0.15, 0.2) is 48.0 Å². The monoisotopic (exact) mass is 451 g/mol. The van der Waals surface area contributed by atoms with Crippen molar-refractivity contribution in [2.75, 3.05) is 26.9 Å². The third-order valence-electron chi connectivity index (χ3n) is 6.15. The van der Waals surface area contributed by atoms with Crippen molar-refractivity contribution in [3.8, 4) is 11.5 Å². The highest BCUT2D eigenvalue weighted by Gasteiger charge is 2.48. The van der Waals surface area contributed by atoms with E-state index in [9.17, 15) is 14.7 Å². The molecule has 0 aliphatic carbocycles. The van der Waals surface area contributed by atoms with Crippen LogP contribution in [0.25, 0.3) is 5.76 Å². The van der Waals surface area contributed by atoms with Gasteiger partial charge in [0.05, 0.1) is 31.4 Å². The van der Waals surface area contributed by atoms with E-state index in [0.717, 1.165) is 18.4 Å². The molecule has 174 valence electrons. The molecule has 2 atom stereocenters. The number of amides is 1. The second-order valence-corrected chi connectivity index (χ2v) is 8.24. The lowest BCUT2D eigenvalue weighted by atomic mass is 9.94. The maximum atomic E-state index is 13.2. The van der Waals surface area contributed by atoms with Crippen LogP contribution >= 0.6 is 0 Å². The van der Waals surface area contributed by atoms with Crippen molar-refractivity contribution in [3.05, 3.63) is 64.7 Å². The number of carbonyl (C=O) groups is 2. The molecule has 2 aliphatic heterocycles. The van der Waals surface area contributed by atoms with Gasteiger partial charge in [-0.25, -0.2) is 0 Å². The summed E-state index contributed by atoms with van der Waals surface area (Å²) in [5.74, 6) is -0.339. The number of aliphatic hydroxyl groups excluding tert-OH is 1. The fraction of sp³-hybridized carbons (Fsp3) is 0.385. The molecule has 0 bridgehead atoms. The third-order valence-corrected chi connectivity index (χ3v) is 6.15. The van der Waals surface area contributed by atoms with Crippen LogP contribution < -0.4 is 9.47 Å². The van der Waals surface area contributed by atoms with Crippen LogP contribution in [0, 0.1) is 6.92 Å². The van der Waals surface area contributed by atoms with Crippen LogP contribution in [0.2, 0.25) is 0 Å². The second kappa shape index (κ2) is 9.67. The minimum atomic E-state index is -0.780. The van der Waals surface area contributed by atoms with Crippen LogP contribution in [0.4, 0.5) is 0 Å². The van der Waals surface area contributed by atoms with Gasteiger partial charge in [0.15, 0.2) is 0 Å². The maximum absolute atomic E-state index is 13.2. The summed E-state index contributed by atoms with van der Waals surface area (Å²) in [6.07, 6.45) is 1.59. The molecule has 0 radical (unpaired) electrons. The van der Waals surface area contributed by atoms with E-state index in [2.05, 4.69) is 0 Å². The van der Waals surface area contributed by atoms with Gasteiger partial charge in [0.25, 0.3) is 11.7 Å². The number of nitrogens with zero attached hydrogens (tertiary/aromatic N) is 1. The fourth-order valence-electron chi connectivity index (χ4n) is 4.56. The van der Waals surface area contributed by atoms with Crippen LogP contribution in [0.3, 0.4) is 0 Å². The SMILES string of the molecule is CCOc1ccc(/C(O)=C2\C(=O)C(=O)N(CC3CCCO3)C2c2ccccc2OC)cc1C. The molecule has 2 unspecified atom stereocenters. The Kier molecular flexibility index (Phi) is 6.70. The Morgan fingerprint density at radius 1 is 1.18 bits per heavy atom. The molecule has 0 saturated carbocycles. The quantitative estimate of drug-likeness (QED) is 0.389. The first-order chi connectivity index (χ1) is 16.0. The van der Waals surface area contributed by atoms with Crippen molar-refractivity contribution >= 4 is 17.4 Å². The number of aliphatic hydroxyl groups is 1. The smallest absolute Gasteiger partial charge is 0.295 e. The van der Waals surface area contributed by atoms with Crippen LogP contribution in [-0.2, 0) is 14.3 Å². The lowest BCUT2D eigenvalue weighted by Crippen LogP contribution is -2.36. The van der Waals surface area contributed by atoms with E-state index >= 15 is 0 Å². The first-order valence-corrected chi connectivity index (χ1v) is 11.2. The van der Waals surface area contributed by atoms with Crippen molar-refractivity contribution in [3.63, 3.8) is 0 Å². The molecule has 2 aliphatic rings. The predicted molar refractivity (Wildman–Crippen MR) is 123 cm³/mol. The van der Waals surface area contributed by atoms with Gasteiger partial charge in [-0.2, -0.15) is 0 Å². The molecule has 2 saturated heterocycles. The van der Waals surface area contributed by atoms with Crippen molar-refractivity contribution in [2.24, 2.45) is 0 Å². The Labute approximate surface area is 193 Å². The van der Waals surface area contributed by atoms with Crippen LogP contribution in [0.1, 0.15) is 42.5 Å². The molecular formula is C26H29NO6. The topological polar surface area (TPSA) is 85.3 Å². The van der Waals surface area contributed by atoms with E-state index in [-0.39, 0.29) is 24.0 Å². The predicted octanol–water partition coefficient (Wildman–Crippen LogP) is 4.00. The summed E-state index contributed by atoms with van der Waals surface area (Å²) >= 11 is 0. The number of benzene rings is 2. The Morgan fingerprint density at radius 3 is 2.64 bits per heavy atom. The van der Waals surface area contributed by atoms with Gasteiger partial charge in [-0.05, 0) is 56.5 Å². The van der Waals surface area contributed by atoms with Gasteiger partial charge >= 0.3 is 0 Å². The summed E-state index contributed by atoms with van der Waals surface area (Å²) < 4.78 is 16.9. The number of methoxy groups -OCH3 is 1. The minimum absolute atomic E-state index is 0.0473. The average Bonchev–Trinajstić information content (AvgIpc) is 3.42. The summed E-state index contributed by atoms with van der Waals surface area (Å²) in [6, 6.07) is 11.7. The van der Waals surface area contributed by atoms with Gasteiger partial charge in [-0.1, -0.05) is 18.2 Å². The number of hydrogen-bond acceptors (Lipinski definition) is 6.